The first kappa shape index (κ1) is 24.2. The number of aliphatic hydroxyl groups is 1. The second kappa shape index (κ2) is 11.0. The quantitative estimate of drug-likeness (QED) is 0.364. The normalized spacial score (nSPS) is 17.9. The zero-order valence-electron chi connectivity index (χ0n) is 19.1. The highest BCUT2D eigenvalue weighted by Crippen LogP contribution is 2.33. The van der Waals surface area contributed by atoms with Crippen molar-refractivity contribution in [3.8, 4) is 0 Å². The summed E-state index contributed by atoms with van der Waals surface area (Å²) in [4.78, 5) is 0. The monoisotopic (exact) mass is 578 g/mol. The van der Waals surface area contributed by atoms with Crippen molar-refractivity contribution in [1.82, 2.24) is 0 Å². The van der Waals surface area contributed by atoms with E-state index >= 15 is 0 Å². The summed E-state index contributed by atoms with van der Waals surface area (Å²) in [6.07, 6.45) is 13.6. The van der Waals surface area contributed by atoms with E-state index in [9.17, 15) is 5.11 Å². The summed E-state index contributed by atoms with van der Waals surface area (Å²) in [5, 5.41) is 10.6. The predicted octanol–water partition coefficient (Wildman–Crippen LogP) is 7.98. The fourth-order valence-corrected chi connectivity index (χ4v) is 4.33. The molecule has 172 valence electrons. The Morgan fingerprint density at radius 2 is 1.41 bits per heavy atom. The molecule has 0 unspecified atom stereocenters. The fraction of sp³-hybridized carbons (Fsp3) is 0.138. The molecule has 0 bridgehead atoms. The third-order valence-electron chi connectivity index (χ3n) is 5.69. The molecular weight excluding hydrogens is 554 g/mol. The standard InChI is InChI=1S/C29H25Br2NO2/c1-3-32(4-2)26-15-9-21(28(33)19-26)10-16-27-17-23(20-5-11-24(30)12-6-20)18-29(34-27)22-7-13-25(31)14-8-22/h5-19H,3-4H2,1-2H3/p+1. The second-order valence-corrected chi connectivity index (χ2v) is 9.71. The molecule has 0 amide bonds. The maximum Gasteiger partial charge on any atom is 0.203 e. The first-order valence-electron chi connectivity index (χ1n) is 11.2. The van der Waals surface area contributed by atoms with Gasteiger partial charge in [0.25, 0.3) is 0 Å². The highest BCUT2D eigenvalue weighted by atomic mass is 79.9. The molecule has 0 radical (unpaired) electrons. The van der Waals surface area contributed by atoms with Crippen molar-refractivity contribution in [3.63, 3.8) is 0 Å². The van der Waals surface area contributed by atoms with Crippen LogP contribution in [0.5, 0.6) is 0 Å². The van der Waals surface area contributed by atoms with Gasteiger partial charge in [0.15, 0.2) is 0 Å². The fourth-order valence-electron chi connectivity index (χ4n) is 3.80. The molecule has 2 aromatic rings. The minimum Gasteiger partial charge on any atom is -0.507 e. The smallest absolute Gasteiger partial charge is 0.203 e. The minimum atomic E-state index is 0.248. The van der Waals surface area contributed by atoms with E-state index in [4.69, 9.17) is 4.74 Å². The molecule has 0 saturated heterocycles. The number of rotatable bonds is 5. The number of halogens is 2. The number of hydrogen-bond donors (Lipinski definition) is 1. The van der Waals surface area contributed by atoms with Crippen LogP contribution < -0.4 is 0 Å². The van der Waals surface area contributed by atoms with Crippen LogP contribution in [0.4, 0.5) is 0 Å². The zero-order chi connectivity index (χ0) is 24.1. The molecule has 5 heteroatoms. The largest absolute Gasteiger partial charge is 0.507 e. The van der Waals surface area contributed by atoms with Gasteiger partial charge in [0.1, 0.15) is 30.4 Å². The number of nitrogens with zero attached hydrogens (tertiary/aromatic N) is 1. The van der Waals surface area contributed by atoms with Crippen LogP contribution in [0.2, 0.25) is 0 Å². The number of hydrogen-bond acceptors (Lipinski definition) is 2. The Bertz CT molecular complexity index is 1280. The van der Waals surface area contributed by atoms with Gasteiger partial charge in [-0.1, -0.05) is 56.1 Å². The molecule has 34 heavy (non-hydrogen) atoms. The lowest BCUT2D eigenvalue weighted by Gasteiger charge is -2.18. The molecule has 0 atom stereocenters. The Morgan fingerprint density at radius 1 is 0.794 bits per heavy atom. The van der Waals surface area contributed by atoms with Crippen molar-refractivity contribution < 1.29 is 14.4 Å². The van der Waals surface area contributed by atoms with Gasteiger partial charge in [0.2, 0.25) is 5.71 Å². The highest BCUT2D eigenvalue weighted by molar-refractivity contribution is 9.10. The summed E-state index contributed by atoms with van der Waals surface area (Å²) in [5.41, 5.74) is 4.89. The summed E-state index contributed by atoms with van der Waals surface area (Å²) in [7, 11) is 0. The van der Waals surface area contributed by atoms with Crippen LogP contribution in [-0.4, -0.2) is 28.5 Å². The Labute approximate surface area is 217 Å². The van der Waals surface area contributed by atoms with Crippen LogP contribution in [0.25, 0.3) is 11.3 Å². The van der Waals surface area contributed by atoms with Gasteiger partial charge in [0.05, 0.1) is 6.08 Å². The molecule has 0 saturated carbocycles. The Hall–Kier alpha value is -2.89. The number of ether oxygens (including phenoxy) is 1. The molecular formula is C29H26Br2NO2+. The molecule has 4 rings (SSSR count). The molecule has 1 aliphatic carbocycles. The van der Waals surface area contributed by atoms with E-state index in [1.165, 1.54) is 0 Å². The van der Waals surface area contributed by atoms with Crippen molar-refractivity contribution >= 4 is 48.9 Å². The molecule has 1 N–H and O–H groups in total. The average Bonchev–Trinajstić information content (AvgIpc) is 2.85. The van der Waals surface area contributed by atoms with Crippen LogP contribution in [0.3, 0.4) is 0 Å². The number of aliphatic hydroxyl groups excluding tert-OH is 1. The lowest BCUT2D eigenvalue weighted by molar-refractivity contribution is -0.519. The molecule has 0 fully saturated rings. The van der Waals surface area contributed by atoms with E-state index in [1.54, 1.807) is 0 Å². The van der Waals surface area contributed by atoms with Crippen molar-refractivity contribution in [2.24, 2.45) is 0 Å². The Kier molecular flexibility index (Phi) is 7.86. The van der Waals surface area contributed by atoms with Crippen LogP contribution in [0.15, 0.2) is 117 Å². The second-order valence-electron chi connectivity index (χ2n) is 7.88. The van der Waals surface area contributed by atoms with Crippen molar-refractivity contribution in [3.05, 3.63) is 128 Å². The molecule has 2 aromatic carbocycles. The van der Waals surface area contributed by atoms with Crippen molar-refractivity contribution in [1.29, 1.82) is 0 Å². The van der Waals surface area contributed by atoms with Crippen molar-refractivity contribution in [2.75, 3.05) is 13.1 Å². The van der Waals surface area contributed by atoms with Gasteiger partial charge in [-0.3, -0.25) is 0 Å². The van der Waals surface area contributed by atoms with Crippen LogP contribution in [-0.2, 0) is 4.74 Å². The molecule has 2 aliphatic rings. The molecule has 3 nitrogen and oxygen atoms in total. The van der Waals surface area contributed by atoms with E-state index in [-0.39, 0.29) is 5.76 Å². The van der Waals surface area contributed by atoms with E-state index in [1.807, 2.05) is 72.9 Å². The highest BCUT2D eigenvalue weighted by Gasteiger charge is 2.16. The van der Waals surface area contributed by atoms with Gasteiger partial charge >= 0.3 is 0 Å². The summed E-state index contributed by atoms with van der Waals surface area (Å²) in [6.45, 7) is 6.01. The van der Waals surface area contributed by atoms with Crippen molar-refractivity contribution in [2.45, 2.75) is 13.8 Å². The van der Waals surface area contributed by atoms with Gasteiger partial charge in [-0.25, -0.2) is 4.58 Å². The van der Waals surface area contributed by atoms with Gasteiger partial charge in [-0.2, -0.15) is 0 Å². The van der Waals surface area contributed by atoms with Gasteiger partial charge in [-0.05, 0) is 79.6 Å². The Morgan fingerprint density at radius 3 is 2.00 bits per heavy atom. The third-order valence-corrected chi connectivity index (χ3v) is 6.75. The first-order valence-corrected chi connectivity index (χ1v) is 12.8. The maximum atomic E-state index is 10.6. The van der Waals surface area contributed by atoms with Gasteiger partial charge in [-0.15, -0.1) is 0 Å². The zero-order valence-corrected chi connectivity index (χ0v) is 22.3. The predicted molar refractivity (Wildman–Crippen MR) is 148 cm³/mol. The Balaban J connectivity index is 1.69. The SMILES string of the molecule is CC[N+](CC)=C1C=CC(=CC=C2C=C(c3ccc(Br)cc3)C=C(c3ccc(Br)cc3)O2)C(O)=C1. The van der Waals surface area contributed by atoms with Gasteiger partial charge < -0.3 is 9.84 Å². The first-order chi connectivity index (χ1) is 16.5. The van der Waals surface area contributed by atoms with Crippen LogP contribution in [0, 0.1) is 0 Å². The number of benzene rings is 2. The minimum absolute atomic E-state index is 0.248. The van der Waals surface area contributed by atoms with E-state index in [2.05, 4.69) is 68.5 Å². The lowest BCUT2D eigenvalue weighted by Crippen LogP contribution is -2.20. The summed E-state index contributed by atoms with van der Waals surface area (Å²) >= 11 is 7.01. The topological polar surface area (TPSA) is 32.5 Å². The molecule has 0 spiro atoms. The van der Waals surface area contributed by atoms with E-state index < -0.39 is 0 Å². The molecule has 0 aromatic heterocycles. The van der Waals surface area contributed by atoms with Gasteiger partial charge in [0, 0.05) is 26.2 Å². The summed E-state index contributed by atoms with van der Waals surface area (Å²) in [6, 6.07) is 16.3. The lowest BCUT2D eigenvalue weighted by atomic mass is 10.00. The molecule has 1 aliphatic heterocycles. The summed E-state index contributed by atoms with van der Waals surface area (Å²) in [5.74, 6) is 1.72. The number of allylic oxidation sites excluding steroid dienone is 8. The van der Waals surface area contributed by atoms with E-state index in [0.29, 0.717) is 5.76 Å². The van der Waals surface area contributed by atoms with Crippen LogP contribution in [0.1, 0.15) is 25.0 Å². The third kappa shape index (κ3) is 5.78. The van der Waals surface area contributed by atoms with Crippen LogP contribution >= 0.6 is 31.9 Å². The maximum absolute atomic E-state index is 10.6. The summed E-state index contributed by atoms with van der Waals surface area (Å²) < 4.78 is 10.5. The average molecular weight is 580 g/mol. The van der Waals surface area contributed by atoms with E-state index in [0.717, 1.165) is 55.8 Å². The molecule has 1 heterocycles.